The zero-order chi connectivity index (χ0) is 24.2. The number of nitrogens with one attached hydrogen (secondary N) is 1. The molecule has 0 bridgehead atoms. The SMILES string of the molecule is Cn1c(=Cc2[nH]c3c4ccccc4ccc3[n+]2C)/c(=C\c2ccccc2)c2c3ccccc3ccc21. The first-order valence-electron chi connectivity index (χ1n) is 12.3. The summed E-state index contributed by atoms with van der Waals surface area (Å²) in [5.41, 5.74) is 4.78. The van der Waals surface area contributed by atoms with Crippen molar-refractivity contribution in [2.45, 2.75) is 0 Å². The largest absolute Gasteiger partial charge is 0.343 e. The molecular weight excluding hydrogens is 438 g/mol. The van der Waals surface area contributed by atoms with Crippen molar-refractivity contribution in [1.82, 2.24) is 9.55 Å². The lowest BCUT2D eigenvalue weighted by molar-refractivity contribution is -0.646. The van der Waals surface area contributed by atoms with Gasteiger partial charge in [-0.2, -0.15) is 0 Å². The van der Waals surface area contributed by atoms with Crippen LogP contribution in [0.25, 0.3) is 55.6 Å². The average Bonchev–Trinajstić information content (AvgIpc) is 3.39. The quantitative estimate of drug-likeness (QED) is 0.329. The van der Waals surface area contributed by atoms with Crippen LogP contribution in [0.15, 0.2) is 103 Å². The summed E-state index contributed by atoms with van der Waals surface area (Å²) in [6.07, 6.45) is 4.61. The van der Waals surface area contributed by atoms with Crippen LogP contribution in [0.2, 0.25) is 0 Å². The Morgan fingerprint density at radius 1 is 0.694 bits per heavy atom. The van der Waals surface area contributed by atoms with E-state index in [1.54, 1.807) is 0 Å². The number of fused-ring (bicyclic) bond motifs is 6. The molecule has 7 aromatic rings. The van der Waals surface area contributed by atoms with Crippen LogP contribution in [0.1, 0.15) is 11.4 Å². The third-order valence-corrected chi connectivity index (χ3v) is 7.44. The smallest absolute Gasteiger partial charge is 0.282 e. The maximum absolute atomic E-state index is 3.74. The van der Waals surface area contributed by atoms with E-state index in [4.69, 9.17) is 0 Å². The summed E-state index contributed by atoms with van der Waals surface area (Å²) in [6, 6.07) is 36.7. The summed E-state index contributed by atoms with van der Waals surface area (Å²) in [5, 5.41) is 8.72. The van der Waals surface area contributed by atoms with Gasteiger partial charge < -0.3 is 4.57 Å². The molecule has 3 nitrogen and oxygen atoms in total. The highest BCUT2D eigenvalue weighted by atomic mass is 15.1. The Labute approximate surface area is 208 Å². The van der Waals surface area contributed by atoms with E-state index in [1.165, 1.54) is 59.6 Å². The minimum atomic E-state index is 1.07. The van der Waals surface area contributed by atoms with E-state index in [0.29, 0.717) is 0 Å². The average molecular weight is 465 g/mol. The van der Waals surface area contributed by atoms with Gasteiger partial charge in [-0.1, -0.05) is 78.9 Å². The predicted octanol–water partition coefficient (Wildman–Crippen LogP) is 5.45. The van der Waals surface area contributed by atoms with Crippen LogP contribution in [0.3, 0.4) is 0 Å². The molecule has 1 N–H and O–H groups in total. The van der Waals surface area contributed by atoms with Crippen LogP contribution < -0.4 is 15.1 Å². The van der Waals surface area contributed by atoms with Crippen LogP contribution in [-0.4, -0.2) is 9.55 Å². The molecule has 0 spiro atoms. The Hall–Kier alpha value is -4.63. The number of rotatable bonds is 2. The minimum absolute atomic E-state index is 1.07. The normalized spacial score (nSPS) is 13.1. The van der Waals surface area contributed by atoms with Gasteiger partial charge >= 0.3 is 0 Å². The second kappa shape index (κ2) is 7.96. The van der Waals surface area contributed by atoms with E-state index in [2.05, 4.69) is 143 Å². The van der Waals surface area contributed by atoms with Crippen LogP contribution >= 0.6 is 0 Å². The van der Waals surface area contributed by atoms with Gasteiger partial charge in [0, 0.05) is 28.6 Å². The molecule has 0 radical (unpaired) electrons. The van der Waals surface area contributed by atoms with Crippen LogP contribution in [0.5, 0.6) is 0 Å². The number of benzene rings is 5. The van der Waals surface area contributed by atoms with Crippen LogP contribution in [0.4, 0.5) is 0 Å². The number of imidazole rings is 1. The number of H-pyrrole nitrogens is 1. The number of nitrogens with zero attached hydrogens (tertiary/aromatic N) is 2. The van der Waals surface area contributed by atoms with E-state index >= 15 is 0 Å². The molecule has 2 aromatic heterocycles. The number of hydrogen-bond donors (Lipinski definition) is 1. The van der Waals surface area contributed by atoms with Gasteiger partial charge in [0.1, 0.15) is 0 Å². The Morgan fingerprint density at radius 3 is 2.17 bits per heavy atom. The number of hydrogen-bond acceptors (Lipinski definition) is 0. The van der Waals surface area contributed by atoms with Crippen molar-refractivity contribution in [3.63, 3.8) is 0 Å². The Morgan fingerprint density at radius 2 is 1.36 bits per heavy atom. The summed E-state index contributed by atoms with van der Waals surface area (Å²) in [4.78, 5) is 3.74. The van der Waals surface area contributed by atoms with Crippen molar-refractivity contribution in [1.29, 1.82) is 0 Å². The second-order valence-corrected chi connectivity index (χ2v) is 9.49. The number of aromatic nitrogens is 3. The summed E-state index contributed by atoms with van der Waals surface area (Å²) in [6.45, 7) is 0. The molecule has 0 aliphatic heterocycles. The Bertz CT molecular complexity index is 2060. The van der Waals surface area contributed by atoms with Gasteiger partial charge in [-0.3, -0.25) is 0 Å². The lowest BCUT2D eigenvalue weighted by atomic mass is 10.0. The first-order valence-corrected chi connectivity index (χ1v) is 12.3. The topological polar surface area (TPSA) is 24.6 Å². The number of aryl methyl sites for hydroxylation is 2. The molecule has 0 amide bonds. The van der Waals surface area contributed by atoms with Gasteiger partial charge in [-0.05, 0) is 52.1 Å². The molecule has 2 heterocycles. The standard InChI is InChI=1S/C33H25N3/c1-35-28-18-16-23-12-6-8-14-25(23)32(28)27(20-22-10-4-3-5-11-22)30(35)21-31-34-33-26-15-9-7-13-24(26)17-19-29(33)36(31)2/h3-21H,1-2H3/p+1/b27-20+,30-21?. The molecule has 7 rings (SSSR count). The molecule has 0 atom stereocenters. The molecular formula is C33H26N3+. The van der Waals surface area contributed by atoms with Crippen molar-refractivity contribution in [2.75, 3.05) is 0 Å². The zero-order valence-corrected chi connectivity index (χ0v) is 20.4. The van der Waals surface area contributed by atoms with Gasteiger partial charge in [0.15, 0.2) is 11.0 Å². The Balaban J connectivity index is 1.62. The van der Waals surface area contributed by atoms with Crippen LogP contribution in [0, 0.1) is 0 Å². The molecule has 0 aliphatic rings. The fourth-order valence-electron chi connectivity index (χ4n) is 5.57. The molecule has 0 fully saturated rings. The molecule has 0 unspecified atom stereocenters. The molecule has 0 aliphatic carbocycles. The molecule has 172 valence electrons. The van der Waals surface area contributed by atoms with Crippen molar-refractivity contribution in [3.05, 3.63) is 125 Å². The third-order valence-electron chi connectivity index (χ3n) is 7.44. The number of aromatic amines is 1. The highest BCUT2D eigenvalue weighted by Gasteiger charge is 2.17. The lowest BCUT2D eigenvalue weighted by Crippen LogP contribution is -2.34. The highest BCUT2D eigenvalue weighted by Crippen LogP contribution is 2.24. The fourth-order valence-corrected chi connectivity index (χ4v) is 5.57. The van der Waals surface area contributed by atoms with Gasteiger partial charge in [-0.15, -0.1) is 0 Å². The summed E-state index contributed by atoms with van der Waals surface area (Å²) < 4.78 is 4.57. The summed E-state index contributed by atoms with van der Waals surface area (Å²) >= 11 is 0. The molecule has 3 heteroatoms. The summed E-state index contributed by atoms with van der Waals surface area (Å²) in [7, 11) is 4.31. The van der Waals surface area contributed by atoms with Crippen molar-refractivity contribution >= 4 is 55.6 Å². The van der Waals surface area contributed by atoms with E-state index in [1.807, 2.05) is 0 Å². The highest BCUT2D eigenvalue weighted by molar-refractivity contribution is 6.07. The monoisotopic (exact) mass is 464 g/mol. The first kappa shape index (κ1) is 20.7. The van der Waals surface area contributed by atoms with Crippen molar-refractivity contribution in [2.24, 2.45) is 14.1 Å². The van der Waals surface area contributed by atoms with Crippen LogP contribution in [-0.2, 0) is 14.1 Å². The fraction of sp³-hybridized carbons (Fsp3) is 0.0606. The van der Waals surface area contributed by atoms with Gasteiger partial charge in [0.2, 0.25) is 0 Å². The zero-order valence-electron chi connectivity index (χ0n) is 20.4. The van der Waals surface area contributed by atoms with E-state index < -0.39 is 0 Å². The molecule has 0 saturated heterocycles. The first-order chi connectivity index (χ1) is 17.7. The van der Waals surface area contributed by atoms with Gasteiger partial charge in [-0.25, -0.2) is 9.55 Å². The predicted molar refractivity (Wildman–Crippen MR) is 150 cm³/mol. The van der Waals surface area contributed by atoms with Gasteiger partial charge in [0.25, 0.3) is 5.82 Å². The van der Waals surface area contributed by atoms with Gasteiger partial charge in [0.05, 0.1) is 18.5 Å². The molecule has 0 saturated carbocycles. The second-order valence-electron chi connectivity index (χ2n) is 9.49. The third kappa shape index (κ3) is 3.10. The maximum atomic E-state index is 3.74. The lowest BCUT2D eigenvalue weighted by Gasteiger charge is -2.01. The van der Waals surface area contributed by atoms with Crippen molar-refractivity contribution in [3.8, 4) is 0 Å². The molecule has 5 aromatic carbocycles. The minimum Gasteiger partial charge on any atom is -0.343 e. The van der Waals surface area contributed by atoms with Crippen molar-refractivity contribution < 1.29 is 4.57 Å². The van der Waals surface area contributed by atoms with E-state index in [-0.39, 0.29) is 0 Å². The Kier molecular flexibility index (Phi) is 4.58. The summed E-state index contributed by atoms with van der Waals surface area (Å²) in [5.74, 6) is 1.07. The van der Waals surface area contributed by atoms with E-state index in [9.17, 15) is 0 Å². The van der Waals surface area contributed by atoms with E-state index in [0.717, 1.165) is 5.82 Å². The maximum Gasteiger partial charge on any atom is 0.282 e. The molecule has 36 heavy (non-hydrogen) atoms.